The number of imidazole rings is 2. The van der Waals surface area contributed by atoms with Gasteiger partial charge in [0.1, 0.15) is 54.2 Å². The highest BCUT2D eigenvalue weighted by molar-refractivity contribution is 8.44. The third-order valence-corrected chi connectivity index (χ3v) is 8.33. The van der Waals surface area contributed by atoms with Crippen LogP contribution in [0.3, 0.4) is 0 Å². The van der Waals surface area contributed by atoms with Crippen LogP contribution in [0, 0.1) is 0 Å². The van der Waals surface area contributed by atoms with Crippen LogP contribution in [0.1, 0.15) is 12.5 Å². The Morgan fingerprint density at radius 2 is 1.46 bits per heavy atom. The van der Waals surface area contributed by atoms with E-state index in [4.69, 9.17) is 34.7 Å². The number of aliphatic hydroxyl groups excluding tert-OH is 3. The maximum absolute atomic E-state index is 13.2. The van der Waals surface area contributed by atoms with E-state index in [1.807, 2.05) is 0 Å². The van der Waals surface area contributed by atoms with Gasteiger partial charge in [-0.15, -0.1) is 0 Å². The number of anilines is 2. The molecule has 1 unspecified atom stereocenters. The van der Waals surface area contributed by atoms with Gasteiger partial charge in [-0.05, 0) is 0 Å². The Balaban J connectivity index is 1.14. The first kappa shape index (κ1) is 28.1. The van der Waals surface area contributed by atoms with Crippen LogP contribution < -0.4 is 11.5 Å². The molecule has 4 aromatic rings. The van der Waals surface area contributed by atoms with Gasteiger partial charge in [-0.1, -0.05) is 12.2 Å². The number of methoxy groups -OCH3 is 1. The van der Waals surface area contributed by atoms with Crippen LogP contribution >= 0.6 is 19.0 Å². The Kier molecular flexibility index (Phi) is 7.30. The van der Waals surface area contributed by atoms with Crippen molar-refractivity contribution in [3.63, 3.8) is 0 Å². The standard InChI is InChI=1S/C20H25N10O9PS/c1-35-20-13(12(33)19(38-20)30-6-28-9-15(22)24-4-26-17(9)30)39-40(34,41)36-2-7-10(31)11(32)18(37-7)29-5-27-8-14(21)23-3-25-16(8)29/h3-7,10-13,18-20,31-33H,2H2,1H3,(H,34,41)(H2,21,23,25)(H2,22,24,26)/t7-,10+,11+,12+,13-,18-,19-,20+,40?/m1/s1. The topological polar surface area (TPSA) is 263 Å². The zero-order chi connectivity index (χ0) is 29.1. The third-order valence-electron chi connectivity index (χ3n) is 6.72. The van der Waals surface area contributed by atoms with Crippen molar-refractivity contribution in [2.24, 2.45) is 0 Å². The Morgan fingerprint density at radius 1 is 0.902 bits per heavy atom. The van der Waals surface area contributed by atoms with Gasteiger partial charge in [0, 0.05) is 7.11 Å². The van der Waals surface area contributed by atoms with Crippen LogP contribution in [0.25, 0.3) is 22.3 Å². The molecule has 7 N–H and O–H groups in total. The van der Waals surface area contributed by atoms with E-state index in [-0.39, 0.29) is 28.4 Å². The summed E-state index contributed by atoms with van der Waals surface area (Å²) in [6.45, 7) is -4.75. The van der Waals surface area contributed by atoms with Gasteiger partial charge >= 0.3 is 6.80 Å². The second-order valence-corrected chi connectivity index (χ2v) is 12.0. The van der Waals surface area contributed by atoms with E-state index >= 15 is 0 Å². The van der Waals surface area contributed by atoms with Crippen LogP contribution in [0.5, 0.6) is 0 Å². The first-order chi connectivity index (χ1) is 19.6. The van der Waals surface area contributed by atoms with Gasteiger partial charge in [-0.25, -0.2) is 34.5 Å². The molecule has 220 valence electrons. The predicted molar refractivity (Wildman–Crippen MR) is 140 cm³/mol. The summed E-state index contributed by atoms with van der Waals surface area (Å²) >= 11 is 4.01. The summed E-state index contributed by atoms with van der Waals surface area (Å²) in [7, 11) is 1.30. The molecule has 2 aliphatic rings. The molecule has 6 rings (SSSR count). The predicted octanol–water partition coefficient (Wildman–Crippen LogP) is -1.25. The highest BCUT2D eigenvalue weighted by atomic mass is 32.7. The van der Waals surface area contributed by atoms with Crippen LogP contribution in [-0.2, 0) is 27.8 Å². The molecule has 19 nitrogen and oxygen atoms in total. The van der Waals surface area contributed by atoms with E-state index in [1.165, 1.54) is 41.6 Å². The zero-order valence-corrected chi connectivity index (χ0v) is 22.8. The average molecular weight is 613 g/mol. The highest BCUT2D eigenvalue weighted by Gasteiger charge is 2.50. The van der Waals surface area contributed by atoms with E-state index in [1.54, 1.807) is 0 Å². The summed E-state index contributed by atoms with van der Waals surface area (Å²) in [5.74, 6) is 0.260. The first-order valence-electron chi connectivity index (χ1n) is 12.0. The molecular weight excluding hydrogens is 587 g/mol. The summed E-state index contributed by atoms with van der Waals surface area (Å²) in [6.07, 6.45) is -5.11. The Labute approximate surface area is 235 Å². The van der Waals surface area contributed by atoms with E-state index in [0.717, 1.165) is 0 Å². The van der Waals surface area contributed by atoms with Crippen LogP contribution in [0.15, 0.2) is 25.3 Å². The molecule has 2 fully saturated rings. The molecule has 0 amide bonds. The Morgan fingerprint density at radius 3 is 2.02 bits per heavy atom. The van der Waals surface area contributed by atoms with Gasteiger partial charge in [-0.3, -0.25) is 18.2 Å². The minimum Gasteiger partial charge on any atom is -0.387 e. The lowest BCUT2D eigenvalue weighted by Gasteiger charge is -2.24. The molecule has 0 aromatic carbocycles. The number of aromatic nitrogens is 8. The van der Waals surface area contributed by atoms with Crippen molar-refractivity contribution in [2.75, 3.05) is 25.2 Å². The van der Waals surface area contributed by atoms with Crippen molar-refractivity contribution in [3.05, 3.63) is 25.3 Å². The molecule has 0 spiro atoms. The van der Waals surface area contributed by atoms with E-state index in [2.05, 4.69) is 42.2 Å². The number of nitrogens with zero attached hydrogens (tertiary/aromatic N) is 8. The van der Waals surface area contributed by atoms with Crippen LogP contribution in [0.2, 0.25) is 0 Å². The van der Waals surface area contributed by atoms with Crippen LogP contribution in [-0.4, -0.2) is 105 Å². The number of fused-ring (bicyclic) bond motifs is 2. The Hall–Kier alpha value is -3.04. The second-order valence-electron chi connectivity index (χ2n) is 9.17. The normalized spacial score (nSPS) is 31.7. The zero-order valence-electron chi connectivity index (χ0n) is 21.1. The highest BCUT2D eigenvalue weighted by Crippen LogP contribution is 2.56. The largest absolute Gasteiger partial charge is 0.387 e. The third kappa shape index (κ3) is 4.91. The number of hydrogen-bond donors (Lipinski definition) is 6. The molecule has 2 aliphatic heterocycles. The smallest absolute Gasteiger partial charge is 0.386 e. The number of rotatable bonds is 8. The molecule has 9 atom stereocenters. The minimum atomic E-state index is -4.24. The van der Waals surface area contributed by atoms with Crippen molar-refractivity contribution >= 4 is 53.0 Å². The van der Waals surface area contributed by atoms with Crippen LogP contribution in [0.4, 0.5) is 11.6 Å². The fraction of sp³-hybridized carbons (Fsp3) is 0.500. The number of ether oxygens (including phenoxy) is 3. The van der Waals surface area contributed by atoms with Gasteiger partial charge in [0.05, 0.1) is 19.3 Å². The number of nitrogens with two attached hydrogens (primary N) is 2. The van der Waals surface area contributed by atoms with Gasteiger partial charge in [0.15, 0.2) is 41.7 Å². The number of thiol groups is 1. The SMILES string of the molecule is CO[C@H]1O[C@@H](n2cnc3c(N)ncnc32)[C@@H](O)[C@H]1OP(=O)(S)OC[C@H]1O[C@@H](n2cnc3c(N)ncnc32)[C@@H](O)[C@H]1O. The van der Waals surface area contributed by atoms with E-state index in [0.29, 0.717) is 5.52 Å². The Bertz CT molecular complexity index is 1620. The van der Waals surface area contributed by atoms with Crippen molar-refractivity contribution < 1.29 is 43.1 Å². The van der Waals surface area contributed by atoms with Gasteiger partial charge in [-0.2, -0.15) is 0 Å². The second kappa shape index (κ2) is 10.7. The van der Waals surface area contributed by atoms with Crippen molar-refractivity contribution in [1.29, 1.82) is 0 Å². The summed E-state index contributed by atoms with van der Waals surface area (Å²) in [5, 5.41) is 32.3. The summed E-state index contributed by atoms with van der Waals surface area (Å²) in [5.41, 5.74) is 12.8. The number of hydrogen-bond acceptors (Lipinski definition) is 17. The molecule has 41 heavy (non-hydrogen) atoms. The fourth-order valence-corrected chi connectivity index (χ4v) is 6.17. The minimum absolute atomic E-state index is 0.128. The molecule has 6 heterocycles. The quantitative estimate of drug-likeness (QED) is 0.100. The van der Waals surface area contributed by atoms with Crippen molar-refractivity contribution in [2.45, 2.75) is 49.3 Å². The average Bonchev–Trinajstić information content (AvgIpc) is 3.70. The number of aliphatic hydroxyl groups is 3. The number of nitrogen functional groups attached to an aromatic ring is 2. The molecule has 0 saturated carbocycles. The fourth-order valence-electron chi connectivity index (χ4n) is 4.71. The molecule has 0 aliphatic carbocycles. The monoisotopic (exact) mass is 612 g/mol. The molecule has 0 bridgehead atoms. The maximum atomic E-state index is 13.2. The van der Waals surface area contributed by atoms with Gasteiger partial charge in [0.25, 0.3) is 0 Å². The lowest BCUT2D eigenvalue weighted by atomic mass is 10.1. The van der Waals surface area contributed by atoms with E-state index < -0.39 is 62.7 Å². The van der Waals surface area contributed by atoms with Crippen molar-refractivity contribution in [1.82, 2.24) is 39.0 Å². The van der Waals surface area contributed by atoms with Gasteiger partial charge < -0.3 is 41.0 Å². The van der Waals surface area contributed by atoms with Crippen molar-refractivity contribution in [3.8, 4) is 0 Å². The molecule has 4 aromatic heterocycles. The van der Waals surface area contributed by atoms with Gasteiger partial charge in [0.2, 0.25) is 0 Å². The molecule has 21 heteroatoms. The lowest BCUT2D eigenvalue weighted by molar-refractivity contribution is -0.157. The molecule has 0 radical (unpaired) electrons. The lowest BCUT2D eigenvalue weighted by Crippen LogP contribution is -2.35. The molecule has 2 saturated heterocycles. The first-order valence-corrected chi connectivity index (χ1v) is 14.7. The van der Waals surface area contributed by atoms with E-state index in [9.17, 15) is 19.9 Å². The summed E-state index contributed by atoms with van der Waals surface area (Å²) in [4.78, 5) is 24.2. The summed E-state index contributed by atoms with van der Waals surface area (Å²) in [6, 6.07) is 0. The maximum Gasteiger partial charge on any atom is 0.386 e. The molecular formula is C20H25N10O9PS. The summed E-state index contributed by atoms with van der Waals surface area (Å²) < 4.78 is 43.7.